The minimum Gasteiger partial charge on any atom is -0.469 e. The second-order valence-electron chi connectivity index (χ2n) is 1.99. The number of nitrogens with one attached hydrogen (secondary N) is 1. The van der Waals surface area contributed by atoms with Gasteiger partial charge in [-0.05, 0) is 12.2 Å². The molecule has 0 fully saturated rings. The first-order chi connectivity index (χ1) is 5.33. The summed E-state index contributed by atoms with van der Waals surface area (Å²) in [5, 5.41) is 0. The molecule has 0 spiro atoms. The zero-order valence-electron chi connectivity index (χ0n) is 6.16. The van der Waals surface area contributed by atoms with Gasteiger partial charge in [-0.3, -0.25) is 4.79 Å². The topological polar surface area (TPSA) is 47.6 Å². The fourth-order valence-corrected chi connectivity index (χ4v) is 0.661. The third-order valence-corrected chi connectivity index (χ3v) is 1.20. The Bertz CT molecular complexity index is 208. The Hall–Kier alpha value is -1.45. The summed E-state index contributed by atoms with van der Waals surface area (Å²) < 4.78 is 4.45. The van der Waals surface area contributed by atoms with Crippen molar-refractivity contribution in [1.29, 1.82) is 0 Å². The Morgan fingerprint density at radius 2 is 2.64 bits per heavy atom. The molecule has 4 heteroatoms. The molecule has 0 aromatic rings. The van der Waals surface area contributed by atoms with Gasteiger partial charge in [-0.15, -0.1) is 0 Å². The standard InChI is InChI=1S/C7H9NO3/c1-10-7(9)5-6-3-2-4-11-8-6/h2-4,8H,5H2,1H3. The monoisotopic (exact) mass is 155 g/mol. The van der Waals surface area contributed by atoms with E-state index in [-0.39, 0.29) is 12.4 Å². The first kappa shape index (κ1) is 7.65. The first-order valence-electron chi connectivity index (χ1n) is 3.17. The molecule has 0 unspecified atom stereocenters. The highest BCUT2D eigenvalue weighted by molar-refractivity contribution is 5.72. The predicted octanol–water partition coefficient (Wildman–Crippen LogP) is 0.482. The molecule has 0 saturated heterocycles. The van der Waals surface area contributed by atoms with E-state index < -0.39 is 0 Å². The van der Waals surface area contributed by atoms with Gasteiger partial charge in [0.2, 0.25) is 0 Å². The number of ether oxygens (including phenoxy) is 1. The van der Waals surface area contributed by atoms with E-state index in [1.165, 1.54) is 13.4 Å². The van der Waals surface area contributed by atoms with Crippen LogP contribution in [-0.2, 0) is 14.4 Å². The number of methoxy groups -OCH3 is 1. The van der Waals surface area contributed by atoms with Gasteiger partial charge in [0.25, 0.3) is 0 Å². The average Bonchev–Trinajstić information content (AvgIpc) is 2.06. The maximum Gasteiger partial charge on any atom is 0.311 e. The van der Waals surface area contributed by atoms with Crippen molar-refractivity contribution in [2.45, 2.75) is 6.42 Å². The molecule has 0 radical (unpaired) electrons. The Balaban J connectivity index is 2.42. The molecule has 0 amide bonds. The molecular formula is C7H9NO3. The van der Waals surface area contributed by atoms with Gasteiger partial charge in [-0.25, -0.2) is 5.48 Å². The molecule has 0 atom stereocenters. The summed E-state index contributed by atoms with van der Waals surface area (Å²) in [6, 6.07) is 0. The lowest BCUT2D eigenvalue weighted by molar-refractivity contribution is -0.140. The van der Waals surface area contributed by atoms with E-state index in [2.05, 4.69) is 10.2 Å². The van der Waals surface area contributed by atoms with Crippen LogP contribution < -0.4 is 5.48 Å². The van der Waals surface area contributed by atoms with Crippen LogP contribution in [0.3, 0.4) is 0 Å². The summed E-state index contributed by atoms with van der Waals surface area (Å²) in [7, 11) is 1.35. The lowest BCUT2D eigenvalue weighted by Gasteiger charge is -2.10. The summed E-state index contributed by atoms with van der Waals surface area (Å²) >= 11 is 0. The Labute approximate surface area is 64.4 Å². The van der Waals surface area contributed by atoms with Crippen molar-refractivity contribution in [3.05, 3.63) is 24.1 Å². The van der Waals surface area contributed by atoms with Gasteiger partial charge in [0.15, 0.2) is 0 Å². The lowest BCUT2D eigenvalue weighted by atomic mass is 10.3. The summed E-state index contributed by atoms with van der Waals surface area (Å²) in [5.41, 5.74) is 3.25. The Kier molecular flexibility index (Phi) is 2.54. The second kappa shape index (κ2) is 3.65. The molecule has 1 aliphatic rings. The third-order valence-electron chi connectivity index (χ3n) is 1.20. The number of hydroxylamine groups is 1. The highest BCUT2D eigenvalue weighted by atomic mass is 16.6. The van der Waals surface area contributed by atoms with E-state index in [0.29, 0.717) is 5.70 Å². The molecule has 0 aliphatic carbocycles. The van der Waals surface area contributed by atoms with Crippen molar-refractivity contribution in [3.63, 3.8) is 0 Å². The van der Waals surface area contributed by atoms with Crippen molar-refractivity contribution in [2.24, 2.45) is 0 Å². The first-order valence-corrected chi connectivity index (χ1v) is 3.17. The molecule has 0 aromatic heterocycles. The summed E-state index contributed by atoms with van der Waals surface area (Å²) in [6.07, 6.45) is 5.15. The molecule has 1 rings (SSSR count). The molecule has 1 aliphatic heterocycles. The summed E-state index contributed by atoms with van der Waals surface area (Å²) in [6.45, 7) is 0. The Morgan fingerprint density at radius 3 is 3.18 bits per heavy atom. The number of hydrogen-bond donors (Lipinski definition) is 1. The van der Waals surface area contributed by atoms with Gasteiger partial charge < -0.3 is 9.57 Å². The maximum atomic E-state index is 10.7. The fraction of sp³-hybridized carbons (Fsp3) is 0.286. The van der Waals surface area contributed by atoms with Gasteiger partial charge in [-0.2, -0.15) is 0 Å². The highest BCUT2D eigenvalue weighted by Crippen LogP contribution is 2.02. The predicted molar refractivity (Wildman–Crippen MR) is 38.1 cm³/mol. The molecule has 11 heavy (non-hydrogen) atoms. The molecule has 1 N–H and O–H groups in total. The van der Waals surface area contributed by atoms with Crippen LogP contribution in [0.25, 0.3) is 0 Å². The van der Waals surface area contributed by atoms with E-state index >= 15 is 0 Å². The van der Waals surface area contributed by atoms with Crippen LogP contribution in [0.15, 0.2) is 24.1 Å². The summed E-state index contributed by atoms with van der Waals surface area (Å²) in [4.78, 5) is 15.4. The van der Waals surface area contributed by atoms with Gasteiger partial charge in [-0.1, -0.05) is 0 Å². The minimum absolute atomic E-state index is 0.209. The zero-order chi connectivity index (χ0) is 8.10. The van der Waals surface area contributed by atoms with Crippen LogP contribution in [0.2, 0.25) is 0 Å². The van der Waals surface area contributed by atoms with Gasteiger partial charge in [0.05, 0.1) is 19.2 Å². The van der Waals surface area contributed by atoms with Gasteiger partial charge in [0, 0.05) is 0 Å². The zero-order valence-corrected chi connectivity index (χ0v) is 6.16. The van der Waals surface area contributed by atoms with Crippen LogP contribution in [0, 0.1) is 0 Å². The van der Waals surface area contributed by atoms with Crippen LogP contribution in [0.1, 0.15) is 6.42 Å². The van der Waals surface area contributed by atoms with Gasteiger partial charge >= 0.3 is 5.97 Å². The fourth-order valence-electron chi connectivity index (χ4n) is 0.661. The van der Waals surface area contributed by atoms with Crippen LogP contribution >= 0.6 is 0 Å². The number of allylic oxidation sites excluding steroid dienone is 2. The van der Waals surface area contributed by atoms with Crippen molar-refractivity contribution in [2.75, 3.05) is 7.11 Å². The molecule has 1 heterocycles. The average molecular weight is 155 g/mol. The Morgan fingerprint density at radius 1 is 1.82 bits per heavy atom. The lowest BCUT2D eigenvalue weighted by Crippen LogP contribution is -2.16. The quantitative estimate of drug-likeness (QED) is 0.589. The molecule has 0 bridgehead atoms. The normalized spacial score (nSPS) is 14.5. The second-order valence-corrected chi connectivity index (χ2v) is 1.99. The van der Waals surface area contributed by atoms with Crippen LogP contribution in [-0.4, -0.2) is 13.1 Å². The van der Waals surface area contributed by atoms with E-state index in [0.717, 1.165) is 0 Å². The highest BCUT2D eigenvalue weighted by Gasteiger charge is 2.05. The van der Waals surface area contributed by atoms with E-state index in [1.807, 2.05) is 0 Å². The molecule has 60 valence electrons. The number of carbonyl (C=O) groups excluding carboxylic acids is 1. The van der Waals surface area contributed by atoms with Crippen molar-refractivity contribution in [3.8, 4) is 0 Å². The van der Waals surface area contributed by atoms with E-state index in [4.69, 9.17) is 4.84 Å². The molecular weight excluding hydrogens is 146 g/mol. The maximum absolute atomic E-state index is 10.7. The molecule has 0 saturated carbocycles. The smallest absolute Gasteiger partial charge is 0.311 e. The number of hydrogen-bond acceptors (Lipinski definition) is 4. The van der Waals surface area contributed by atoms with E-state index in [9.17, 15) is 4.79 Å². The van der Waals surface area contributed by atoms with Crippen molar-refractivity contribution >= 4 is 5.97 Å². The van der Waals surface area contributed by atoms with Gasteiger partial charge in [0.1, 0.15) is 6.26 Å². The van der Waals surface area contributed by atoms with Crippen LogP contribution in [0.5, 0.6) is 0 Å². The third kappa shape index (κ3) is 2.33. The van der Waals surface area contributed by atoms with Crippen molar-refractivity contribution in [1.82, 2.24) is 5.48 Å². The minimum atomic E-state index is -0.289. The molecule has 4 nitrogen and oxygen atoms in total. The number of rotatable bonds is 2. The van der Waals surface area contributed by atoms with E-state index in [1.54, 1.807) is 12.2 Å². The van der Waals surface area contributed by atoms with Crippen LogP contribution in [0.4, 0.5) is 0 Å². The SMILES string of the molecule is COC(=O)CC1=CC=CON1. The number of esters is 1. The largest absolute Gasteiger partial charge is 0.469 e. The number of carbonyl (C=O) groups is 1. The van der Waals surface area contributed by atoms with Crippen molar-refractivity contribution < 1.29 is 14.4 Å². The summed E-state index contributed by atoms with van der Waals surface area (Å²) in [5.74, 6) is -0.289. The molecule has 0 aromatic carbocycles.